The maximum atomic E-state index is 6.29. The zero-order valence-corrected chi connectivity index (χ0v) is 19.4. The molecule has 0 amide bonds. The fraction of sp³-hybridized carbons (Fsp3) is 0.583. The topological polar surface area (TPSA) is 76.3 Å². The quantitative estimate of drug-likeness (QED) is 0.472. The van der Waals surface area contributed by atoms with Gasteiger partial charge in [-0.2, -0.15) is 4.98 Å². The summed E-state index contributed by atoms with van der Waals surface area (Å²) in [6.07, 6.45) is 7.60. The molecular formula is C24H39N5O. The number of anilines is 2. The number of aromatic nitrogens is 2. The number of hydrogen-bond acceptors (Lipinski definition) is 6. The fourth-order valence-electron chi connectivity index (χ4n) is 3.53. The average Bonchev–Trinajstić information content (AvgIpc) is 2.71. The van der Waals surface area contributed by atoms with Crippen molar-refractivity contribution in [2.24, 2.45) is 0 Å². The molecule has 6 nitrogen and oxygen atoms in total. The summed E-state index contributed by atoms with van der Waals surface area (Å²) in [6.45, 7) is 6.18. The molecule has 0 fully saturated rings. The first-order chi connectivity index (χ1) is 14.4. The molecule has 0 atom stereocenters. The second-order valence-corrected chi connectivity index (χ2v) is 8.21. The first-order valence-electron chi connectivity index (χ1n) is 11.1. The van der Waals surface area contributed by atoms with Crippen molar-refractivity contribution in [2.75, 3.05) is 45.3 Å². The van der Waals surface area contributed by atoms with Crippen LogP contribution in [0.4, 0.5) is 11.8 Å². The van der Waals surface area contributed by atoms with Crippen LogP contribution in [0.25, 0.3) is 0 Å². The Bertz CT molecular complexity index is 768. The van der Waals surface area contributed by atoms with Crippen LogP contribution in [0.2, 0.25) is 0 Å². The molecule has 1 heterocycles. The van der Waals surface area contributed by atoms with Crippen molar-refractivity contribution in [1.29, 1.82) is 0 Å². The van der Waals surface area contributed by atoms with Gasteiger partial charge in [-0.15, -0.1) is 0 Å². The largest absolute Gasteiger partial charge is 0.496 e. The van der Waals surface area contributed by atoms with Gasteiger partial charge in [0.1, 0.15) is 11.6 Å². The number of ether oxygens (including phenoxy) is 1. The van der Waals surface area contributed by atoms with Crippen molar-refractivity contribution < 1.29 is 4.74 Å². The smallest absolute Gasteiger partial charge is 0.224 e. The molecule has 0 aliphatic heterocycles. The van der Waals surface area contributed by atoms with Crippen molar-refractivity contribution in [3.8, 4) is 5.75 Å². The SMILES string of the molecule is CCCCCNc1nc(C)c(Cc2ccc(CCCCN(C)C)cc2OC)c(N)n1. The number of aryl methyl sites for hydroxylation is 2. The predicted octanol–water partition coefficient (Wildman–Crippen LogP) is 4.45. The van der Waals surface area contributed by atoms with E-state index in [2.05, 4.69) is 59.4 Å². The predicted molar refractivity (Wildman–Crippen MR) is 126 cm³/mol. The van der Waals surface area contributed by atoms with Crippen LogP contribution in [0, 0.1) is 6.92 Å². The van der Waals surface area contributed by atoms with Crippen LogP contribution >= 0.6 is 0 Å². The van der Waals surface area contributed by atoms with Crippen molar-refractivity contribution in [3.05, 3.63) is 40.6 Å². The maximum absolute atomic E-state index is 6.29. The summed E-state index contributed by atoms with van der Waals surface area (Å²) >= 11 is 0. The number of rotatable bonds is 13. The average molecular weight is 414 g/mol. The van der Waals surface area contributed by atoms with Gasteiger partial charge in [-0.1, -0.05) is 31.9 Å². The van der Waals surface area contributed by atoms with E-state index in [9.17, 15) is 0 Å². The molecule has 0 saturated carbocycles. The molecular weight excluding hydrogens is 374 g/mol. The molecule has 0 aliphatic carbocycles. The highest BCUT2D eigenvalue weighted by atomic mass is 16.5. The third kappa shape index (κ3) is 7.48. The third-order valence-electron chi connectivity index (χ3n) is 5.35. The summed E-state index contributed by atoms with van der Waals surface area (Å²) in [5.74, 6) is 2.06. The lowest BCUT2D eigenvalue weighted by atomic mass is 9.99. The summed E-state index contributed by atoms with van der Waals surface area (Å²) in [4.78, 5) is 11.3. The van der Waals surface area contributed by atoms with Crippen LogP contribution in [0.15, 0.2) is 18.2 Å². The van der Waals surface area contributed by atoms with Gasteiger partial charge in [0, 0.05) is 24.2 Å². The van der Waals surface area contributed by atoms with E-state index >= 15 is 0 Å². The molecule has 0 unspecified atom stereocenters. The molecule has 1 aromatic heterocycles. The first-order valence-corrected chi connectivity index (χ1v) is 11.1. The van der Waals surface area contributed by atoms with Gasteiger partial charge in [0.15, 0.2) is 0 Å². The van der Waals surface area contributed by atoms with Crippen molar-refractivity contribution in [2.45, 2.75) is 58.8 Å². The van der Waals surface area contributed by atoms with Gasteiger partial charge in [0.05, 0.1) is 7.11 Å². The number of benzene rings is 1. The molecule has 0 bridgehead atoms. The molecule has 0 spiro atoms. The van der Waals surface area contributed by atoms with E-state index in [1.54, 1.807) is 7.11 Å². The van der Waals surface area contributed by atoms with E-state index < -0.39 is 0 Å². The molecule has 166 valence electrons. The Morgan fingerprint density at radius 1 is 1.10 bits per heavy atom. The van der Waals surface area contributed by atoms with Crippen LogP contribution in [0.5, 0.6) is 5.75 Å². The second-order valence-electron chi connectivity index (χ2n) is 8.21. The number of hydrogen-bond donors (Lipinski definition) is 2. The normalized spacial score (nSPS) is 11.1. The molecule has 6 heteroatoms. The zero-order chi connectivity index (χ0) is 21.9. The van der Waals surface area contributed by atoms with Gasteiger partial charge in [0.2, 0.25) is 5.95 Å². The minimum Gasteiger partial charge on any atom is -0.496 e. The Morgan fingerprint density at radius 2 is 1.90 bits per heavy atom. The molecule has 30 heavy (non-hydrogen) atoms. The zero-order valence-electron chi connectivity index (χ0n) is 19.4. The summed E-state index contributed by atoms with van der Waals surface area (Å²) < 4.78 is 5.68. The Morgan fingerprint density at radius 3 is 2.57 bits per heavy atom. The standard InChI is InChI=1S/C24H39N5O/c1-6-7-9-14-26-24-27-18(2)21(23(25)28-24)17-20-13-12-19(16-22(20)30-5)11-8-10-15-29(3)4/h12-13,16H,6-11,14-15,17H2,1-5H3,(H3,25,26,27,28). The number of nitrogen functional groups attached to an aromatic ring is 1. The van der Waals surface area contributed by atoms with Crippen molar-refractivity contribution in [1.82, 2.24) is 14.9 Å². The molecule has 3 N–H and O–H groups in total. The van der Waals surface area contributed by atoms with E-state index in [4.69, 9.17) is 10.5 Å². The van der Waals surface area contributed by atoms with E-state index in [0.29, 0.717) is 18.2 Å². The number of unbranched alkanes of at least 4 members (excludes halogenated alkanes) is 3. The number of methoxy groups -OCH3 is 1. The molecule has 0 aliphatic rings. The van der Waals surface area contributed by atoms with Gasteiger partial charge in [0.25, 0.3) is 0 Å². The van der Waals surface area contributed by atoms with E-state index in [1.165, 1.54) is 31.2 Å². The van der Waals surface area contributed by atoms with Crippen LogP contribution < -0.4 is 15.8 Å². The number of nitrogens with zero attached hydrogens (tertiary/aromatic N) is 3. The highest BCUT2D eigenvalue weighted by Crippen LogP contribution is 2.27. The molecule has 2 aromatic rings. The Balaban J connectivity index is 2.05. The molecule has 0 saturated heterocycles. The van der Waals surface area contributed by atoms with E-state index in [1.807, 2.05) is 6.92 Å². The van der Waals surface area contributed by atoms with E-state index in [-0.39, 0.29) is 0 Å². The minimum absolute atomic E-state index is 0.537. The monoisotopic (exact) mass is 413 g/mol. The Labute approximate surface area is 182 Å². The van der Waals surface area contributed by atoms with Gasteiger partial charge in [-0.05, 0) is 70.4 Å². The van der Waals surface area contributed by atoms with Crippen molar-refractivity contribution in [3.63, 3.8) is 0 Å². The minimum atomic E-state index is 0.537. The third-order valence-corrected chi connectivity index (χ3v) is 5.35. The molecule has 1 aromatic carbocycles. The second kappa shape index (κ2) is 12.4. The summed E-state index contributed by atoms with van der Waals surface area (Å²) in [7, 11) is 5.96. The summed E-state index contributed by atoms with van der Waals surface area (Å²) in [5, 5.41) is 3.28. The Kier molecular flexibility index (Phi) is 9.87. The molecule has 0 radical (unpaired) electrons. The van der Waals surface area contributed by atoms with Gasteiger partial charge >= 0.3 is 0 Å². The maximum Gasteiger partial charge on any atom is 0.224 e. The summed E-state index contributed by atoms with van der Waals surface area (Å²) in [5.41, 5.74) is 10.6. The van der Waals surface area contributed by atoms with Crippen LogP contribution in [0.3, 0.4) is 0 Å². The lowest BCUT2D eigenvalue weighted by molar-refractivity contribution is 0.394. The van der Waals surface area contributed by atoms with Crippen LogP contribution in [-0.2, 0) is 12.8 Å². The van der Waals surface area contributed by atoms with Gasteiger partial charge in [-0.3, -0.25) is 0 Å². The highest BCUT2D eigenvalue weighted by molar-refractivity contribution is 5.51. The first kappa shape index (κ1) is 23.9. The lowest BCUT2D eigenvalue weighted by Crippen LogP contribution is -2.12. The van der Waals surface area contributed by atoms with Gasteiger partial charge in [-0.25, -0.2) is 4.98 Å². The van der Waals surface area contributed by atoms with Crippen LogP contribution in [-0.4, -0.2) is 49.2 Å². The number of nitrogens with two attached hydrogens (primary N) is 1. The van der Waals surface area contributed by atoms with Gasteiger partial charge < -0.3 is 20.7 Å². The molecule has 2 rings (SSSR count). The van der Waals surface area contributed by atoms with Crippen LogP contribution in [0.1, 0.15) is 61.4 Å². The highest BCUT2D eigenvalue weighted by Gasteiger charge is 2.13. The number of nitrogens with one attached hydrogen (secondary N) is 1. The van der Waals surface area contributed by atoms with E-state index in [0.717, 1.165) is 48.5 Å². The lowest BCUT2D eigenvalue weighted by Gasteiger charge is -2.15. The fourth-order valence-corrected chi connectivity index (χ4v) is 3.53. The van der Waals surface area contributed by atoms with Crippen molar-refractivity contribution >= 4 is 11.8 Å². The Hall–Kier alpha value is -2.34. The summed E-state index contributed by atoms with van der Waals surface area (Å²) in [6, 6.07) is 6.50.